The Morgan fingerprint density at radius 2 is 2.40 bits per heavy atom. The Morgan fingerprint density at radius 3 is 3.07 bits per heavy atom. The molecule has 2 atom stereocenters. The molecular weight excluding hydrogens is 192 g/mol. The lowest BCUT2D eigenvalue weighted by molar-refractivity contribution is -0.0591. The van der Waals surface area contributed by atoms with Gasteiger partial charge in [0.15, 0.2) is 6.29 Å². The van der Waals surface area contributed by atoms with Crippen LogP contribution in [0.25, 0.3) is 0 Å². The number of hydrogen-bond acceptors (Lipinski definition) is 3. The maximum atomic E-state index is 9.23. The number of rotatable bonds is 3. The average molecular weight is 208 g/mol. The molecule has 3 nitrogen and oxygen atoms in total. The predicted octanol–water partition coefficient (Wildman–Crippen LogP) is 1.59. The van der Waals surface area contributed by atoms with Gasteiger partial charge < -0.3 is 14.6 Å². The van der Waals surface area contributed by atoms with Crippen LogP contribution in [0.4, 0.5) is 0 Å². The summed E-state index contributed by atoms with van der Waals surface area (Å²) in [6.07, 6.45) is 1.10. The highest BCUT2D eigenvalue weighted by atomic mass is 16.6. The molecule has 1 aromatic carbocycles. The van der Waals surface area contributed by atoms with E-state index in [0.717, 1.165) is 18.6 Å². The number of hydrogen-bond donors (Lipinski definition) is 1. The first-order valence-corrected chi connectivity index (χ1v) is 5.20. The second-order valence-electron chi connectivity index (χ2n) is 3.95. The third-order valence-corrected chi connectivity index (χ3v) is 2.72. The average Bonchev–Trinajstić information content (AvgIpc) is 2.64. The molecule has 1 fully saturated rings. The van der Waals surface area contributed by atoms with E-state index < -0.39 is 6.29 Å². The van der Waals surface area contributed by atoms with Crippen LogP contribution in [-0.4, -0.2) is 25.1 Å². The minimum absolute atomic E-state index is 0.423. The van der Waals surface area contributed by atoms with E-state index in [-0.39, 0.29) is 0 Å². The maximum absolute atomic E-state index is 9.23. The molecule has 1 aliphatic rings. The fourth-order valence-electron chi connectivity index (χ4n) is 1.94. The van der Waals surface area contributed by atoms with Crippen LogP contribution < -0.4 is 4.74 Å². The summed E-state index contributed by atoms with van der Waals surface area (Å²) in [6.45, 7) is 0.651. The van der Waals surface area contributed by atoms with Gasteiger partial charge in [0, 0.05) is 6.42 Å². The molecule has 15 heavy (non-hydrogen) atoms. The number of aliphatic hydroxyl groups excluding tert-OH is 1. The monoisotopic (exact) mass is 208 g/mol. The summed E-state index contributed by atoms with van der Waals surface area (Å²) in [6, 6.07) is 8.03. The smallest absolute Gasteiger partial charge is 0.154 e. The Kier molecular flexibility index (Phi) is 3.23. The van der Waals surface area contributed by atoms with Crippen molar-refractivity contribution in [3.05, 3.63) is 29.8 Å². The molecule has 0 spiro atoms. The van der Waals surface area contributed by atoms with Crippen LogP contribution in [0.1, 0.15) is 12.0 Å². The standard InChI is InChI=1S/C12H16O3/c1-14-11-4-2-3-9(6-11)5-10-7-12(13)15-8-10/h2-4,6,10,12-13H,5,7-8H2,1H3/t10-,12?/m1/s1. The molecular formula is C12H16O3. The van der Waals surface area contributed by atoms with Crippen LogP contribution in [0.15, 0.2) is 24.3 Å². The van der Waals surface area contributed by atoms with E-state index in [1.165, 1.54) is 5.56 Å². The minimum Gasteiger partial charge on any atom is -0.497 e. The van der Waals surface area contributed by atoms with Crippen LogP contribution in [0, 0.1) is 5.92 Å². The van der Waals surface area contributed by atoms with E-state index in [1.807, 2.05) is 18.2 Å². The second-order valence-corrected chi connectivity index (χ2v) is 3.95. The lowest BCUT2D eigenvalue weighted by atomic mass is 9.98. The molecule has 1 aliphatic heterocycles. The van der Waals surface area contributed by atoms with E-state index in [2.05, 4.69) is 6.07 Å². The Hall–Kier alpha value is -1.06. The molecule has 82 valence electrons. The molecule has 0 bridgehead atoms. The zero-order valence-electron chi connectivity index (χ0n) is 8.85. The Balaban J connectivity index is 1.98. The van der Waals surface area contributed by atoms with E-state index >= 15 is 0 Å². The van der Waals surface area contributed by atoms with Crippen LogP contribution in [-0.2, 0) is 11.2 Å². The minimum atomic E-state index is -0.569. The number of aliphatic hydroxyl groups is 1. The third kappa shape index (κ3) is 2.70. The first kappa shape index (κ1) is 10.5. The molecule has 0 saturated carbocycles. The number of ether oxygens (including phenoxy) is 2. The van der Waals surface area contributed by atoms with Crippen molar-refractivity contribution in [2.75, 3.05) is 13.7 Å². The van der Waals surface area contributed by atoms with Gasteiger partial charge in [0.05, 0.1) is 13.7 Å². The number of methoxy groups -OCH3 is 1. The van der Waals surface area contributed by atoms with Crippen molar-refractivity contribution >= 4 is 0 Å². The Bertz CT molecular complexity index is 324. The fourth-order valence-corrected chi connectivity index (χ4v) is 1.94. The van der Waals surface area contributed by atoms with Gasteiger partial charge in [-0.3, -0.25) is 0 Å². The fraction of sp³-hybridized carbons (Fsp3) is 0.500. The quantitative estimate of drug-likeness (QED) is 0.819. The van der Waals surface area contributed by atoms with Crippen molar-refractivity contribution in [1.82, 2.24) is 0 Å². The van der Waals surface area contributed by atoms with Crippen molar-refractivity contribution in [1.29, 1.82) is 0 Å². The van der Waals surface area contributed by atoms with Crippen LogP contribution in [0.2, 0.25) is 0 Å². The molecule has 0 aliphatic carbocycles. The van der Waals surface area contributed by atoms with Gasteiger partial charge in [-0.05, 0) is 30.0 Å². The van der Waals surface area contributed by atoms with Gasteiger partial charge in [-0.1, -0.05) is 12.1 Å². The Morgan fingerprint density at radius 1 is 1.53 bits per heavy atom. The van der Waals surface area contributed by atoms with Gasteiger partial charge in [-0.25, -0.2) is 0 Å². The summed E-state index contributed by atoms with van der Waals surface area (Å²) in [5, 5.41) is 9.23. The predicted molar refractivity (Wildman–Crippen MR) is 56.8 cm³/mol. The lowest BCUT2D eigenvalue weighted by Crippen LogP contribution is -2.04. The summed E-state index contributed by atoms with van der Waals surface area (Å²) in [5.74, 6) is 1.30. The second kappa shape index (κ2) is 4.64. The van der Waals surface area contributed by atoms with Gasteiger partial charge >= 0.3 is 0 Å². The van der Waals surface area contributed by atoms with Crippen LogP contribution in [0.3, 0.4) is 0 Å². The topological polar surface area (TPSA) is 38.7 Å². The van der Waals surface area contributed by atoms with Gasteiger partial charge in [0.1, 0.15) is 5.75 Å². The molecule has 0 radical (unpaired) electrons. The summed E-state index contributed by atoms with van der Waals surface area (Å²) in [4.78, 5) is 0. The molecule has 3 heteroatoms. The molecule has 1 aromatic rings. The molecule has 1 saturated heterocycles. The van der Waals surface area contributed by atoms with Crippen molar-refractivity contribution in [3.8, 4) is 5.75 Å². The SMILES string of the molecule is COc1cccc(C[C@H]2COC(O)C2)c1. The maximum Gasteiger partial charge on any atom is 0.154 e. The molecule has 0 aromatic heterocycles. The molecule has 1 unspecified atom stereocenters. The van der Waals surface area contributed by atoms with E-state index in [9.17, 15) is 5.11 Å². The van der Waals surface area contributed by atoms with E-state index in [4.69, 9.17) is 9.47 Å². The van der Waals surface area contributed by atoms with Crippen molar-refractivity contribution < 1.29 is 14.6 Å². The van der Waals surface area contributed by atoms with Crippen molar-refractivity contribution in [2.45, 2.75) is 19.1 Å². The lowest BCUT2D eigenvalue weighted by Gasteiger charge is -2.08. The summed E-state index contributed by atoms with van der Waals surface area (Å²) in [7, 11) is 1.67. The molecule has 2 rings (SSSR count). The highest BCUT2D eigenvalue weighted by Gasteiger charge is 2.23. The van der Waals surface area contributed by atoms with Crippen LogP contribution in [0.5, 0.6) is 5.75 Å². The van der Waals surface area contributed by atoms with Gasteiger partial charge in [-0.15, -0.1) is 0 Å². The van der Waals surface area contributed by atoms with Gasteiger partial charge in [-0.2, -0.15) is 0 Å². The molecule has 1 N–H and O–H groups in total. The molecule has 0 amide bonds. The van der Waals surface area contributed by atoms with Crippen LogP contribution >= 0.6 is 0 Å². The largest absolute Gasteiger partial charge is 0.497 e. The first-order valence-electron chi connectivity index (χ1n) is 5.20. The van der Waals surface area contributed by atoms with Gasteiger partial charge in [0.2, 0.25) is 0 Å². The van der Waals surface area contributed by atoms with E-state index in [0.29, 0.717) is 12.5 Å². The first-order chi connectivity index (χ1) is 7.28. The highest BCUT2D eigenvalue weighted by molar-refractivity contribution is 5.28. The zero-order chi connectivity index (χ0) is 10.7. The van der Waals surface area contributed by atoms with Crippen molar-refractivity contribution in [2.24, 2.45) is 5.92 Å². The Labute approximate surface area is 89.6 Å². The normalized spacial score (nSPS) is 25.5. The van der Waals surface area contributed by atoms with Gasteiger partial charge in [0.25, 0.3) is 0 Å². The summed E-state index contributed by atoms with van der Waals surface area (Å²) >= 11 is 0. The molecule has 1 heterocycles. The highest BCUT2D eigenvalue weighted by Crippen LogP contribution is 2.23. The summed E-state index contributed by atoms with van der Waals surface area (Å²) in [5.41, 5.74) is 1.23. The van der Waals surface area contributed by atoms with Crippen molar-refractivity contribution in [3.63, 3.8) is 0 Å². The zero-order valence-corrected chi connectivity index (χ0v) is 8.85. The summed E-state index contributed by atoms with van der Waals surface area (Å²) < 4.78 is 10.3. The number of benzene rings is 1. The van der Waals surface area contributed by atoms with E-state index in [1.54, 1.807) is 7.11 Å². The third-order valence-electron chi connectivity index (χ3n) is 2.72.